The highest BCUT2D eigenvalue weighted by Gasteiger charge is 2.14. The van der Waals surface area contributed by atoms with Crippen LogP contribution in [-0.2, 0) is 11.3 Å². The van der Waals surface area contributed by atoms with E-state index < -0.39 is 0 Å². The Morgan fingerprint density at radius 1 is 1.25 bits per heavy atom. The van der Waals surface area contributed by atoms with Gasteiger partial charge in [-0.05, 0) is 55.9 Å². The van der Waals surface area contributed by atoms with Crippen LogP contribution in [-0.4, -0.2) is 43.7 Å². The molecule has 3 heterocycles. The highest BCUT2D eigenvalue weighted by molar-refractivity contribution is 7.71. The van der Waals surface area contributed by atoms with Crippen LogP contribution in [0.1, 0.15) is 22.6 Å². The number of hydrogen-bond acceptors (Lipinski definition) is 6. The van der Waals surface area contributed by atoms with Gasteiger partial charge in [0, 0.05) is 44.4 Å². The van der Waals surface area contributed by atoms with Crippen molar-refractivity contribution >= 4 is 34.7 Å². The minimum atomic E-state index is -0.331. The Balaban J connectivity index is 1.65. The fourth-order valence-electron chi connectivity index (χ4n) is 3.45. The van der Waals surface area contributed by atoms with Gasteiger partial charge in [-0.3, -0.25) is 18.7 Å². The quantitative estimate of drug-likeness (QED) is 0.331. The summed E-state index contributed by atoms with van der Waals surface area (Å²) in [6.07, 6.45) is 5.77. The Morgan fingerprint density at radius 2 is 2.09 bits per heavy atom. The SMILES string of the molecule is COCCCn1c(=S)[nH]c2cc(C(=O)Nc3cccnc3-n3ccnc3C)ccc2c1=O. The van der Waals surface area contributed by atoms with Gasteiger partial charge in [-0.15, -0.1) is 0 Å². The number of fused-ring (bicyclic) bond motifs is 1. The molecule has 0 atom stereocenters. The van der Waals surface area contributed by atoms with Crippen LogP contribution in [0.2, 0.25) is 0 Å². The maximum Gasteiger partial charge on any atom is 0.262 e. The molecule has 4 rings (SSSR count). The van der Waals surface area contributed by atoms with Gasteiger partial charge in [-0.2, -0.15) is 0 Å². The summed E-state index contributed by atoms with van der Waals surface area (Å²) in [6, 6.07) is 8.39. The molecular formula is C22H22N6O3S. The molecule has 0 fully saturated rings. The predicted octanol–water partition coefficient (Wildman–Crippen LogP) is 3.24. The van der Waals surface area contributed by atoms with E-state index in [4.69, 9.17) is 17.0 Å². The first kappa shape index (κ1) is 21.6. The number of benzene rings is 1. The van der Waals surface area contributed by atoms with E-state index in [0.29, 0.717) is 52.3 Å². The molecule has 9 nitrogen and oxygen atoms in total. The molecule has 3 aromatic heterocycles. The first-order valence-corrected chi connectivity index (χ1v) is 10.4. The summed E-state index contributed by atoms with van der Waals surface area (Å²) in [4.78, 5) is 37.5. The largest absolute Gasteiger partial charge is 0.385 e. The molecule has 2 N–H and O–H groups in total. The van der Waals surface area contributed by atoms with Crippen LogP contribution in [0.5, 0.6) is 0 Å². The molecule has 0 radical (unpaired) electrons. The van der Waals surface area contributed by atoms with E-state index in [1.165, 1.54) is 4.57 Å². The smallest absolute Gasteiger partial charge is 0.262 e. The minimum absolute atomic E-state index is 0.197. The number of H-pyrrole nitrogens is 1. The highest BCUT2D eigenvalue weighted by atomic mass is 32.1. The van der Waals surface area contributed by atoms with Crippen molar-refractivity contribution in [2.75, 3.05) is 19.0 Å². The lowest BCUT2D eigenvalue weighted by molar-refractivity contribution is 0.102. The second-order valence-corrected chi connectivity index (χ2v) is 7.55. The Labute approximate surface area is 188 Å². The fraction of sp³-hybridized carbons (Fsp3) is 0.227. The number of nitrogens with zero attached hydrogens (tertiary/aromatic N) is 4. The number of imidazole rings is 1. The molecule has 0 saturated heterocycles. The van der Waals surface area contributed by atoms with Crippen molar-refractivity contribution in [3.8, 4) is 5.82 Å². The number of ether oxygens (including phenoxy) is 1. The normalized spacial score (nSPS) is 11.1. The average molecular weight is 451 g/mol. The number of amides is 1. The number of aryl methyl sites for hydroxylation is 1. The van der Waals surface area contributed by atoms with Crippen molar-refractivity contribution in [1.82, 2.24) is 24.1 Å². The van der Waals surface area contributed by atoms with Gasteiger partial charge in [0.05, 0.1) is 16.6 Å². The predicted molar refractivity (Wildman–Crippen MR) is 124 cm³/mol. The van der Waals surface area contributed by atoms with Crippen LogP contribution in [0, 0.1) is 11.7 Å². The Morgan fingerprint density at radius 3 is 2.84 bits per heavy atom. The number of anilines is 1. The molecular weight excluding hydrogens is 428 g/mol. The molecule has 0 aliphatic carbocycles. The van der Waals surface area contributed by atoms with E-state index in [1.54, 1.807) is 60.6 Å². The number of pyridine rings is 1. The third kappa shape index (κ3) is 4.23. The van der Waals surface area contributed by atoms with Crippen LogP contribution in [0.15, 0.2) is 53.7 Å². The number of nitrogens with one attached hydrogen (secondary N) is 2. The Kier molecular flexibility index (Phi) is 6.24. The number of hydrogen-bond donors (Lipinski definition) is 2. The van der Waals surface area contributed by atoms with Gasteiger partial charge in [0.25, 0.3) is 11.5 Å². The summed E-state index contributed by atoms with van der Waals surface area (Å²) in [6.45, 7) is 2.85. The number of carbonyl (C=O) groups excluding carboxylic acids is 1. The molecule has 32 heavy (non-hydrogen) atoms. The van der Waals surface area contributed by atoms with Crippen molar-refractivity contribution in [2.45, 2.75) is 19.9 Å². The van der Waals surface area contributed by atoms with E-state index >= 15 is 0 Å². The molecule has 1 aromatic carbocycles. The van der Waals surface area contributed by atoms with Crippen molar-refractivity contribution in [3.05, 3.63) is 75.4 Å². The molecule has 164 valence electrons. The summed E-state index contributed by atoms with van der Waals surface area (Å²) in [5.41, 5.74) is 1.24. The van der Waals surface area contributed by atoms with Crippen LogP contribution >= 0.6 is 12.2 Å². The molecule has 0 aliphatic heterocycles. The third-order valence-electron chi connectivity index (χ3n) is 5.06. The first-order valence-electron chi connectivity index (χ1n) is 10.0. The number of aromatic amines is 1. The highest BCUT2D eigenvalue weighted by Crippen LogP contribution is 2.20. The lowest BCUT2D eigenvalue weighted by atomic mass is 10.1. The Hall–Kier alpha value is -3.63. The average Bonchev–Trinajstić information content (AvgIpc) is 3.21. The first-order chi connectivity index (χ1) is 15.5. The fourth-order valence-corrected chi connectivity index (χ4v) is 3.73. The molecule has 0 aliphatic rings. The summed E-state index contributed by atoms with van der Waals surface area (Å²) in [7, 11) is 1.61. The minimum Gasteiger partial charge on any atom is -0.385 e. The molecule has 1 amide bonds. The van der Waals surface area contributed by atoms with Crippen LogP contribution < -0.4 is 10.9 Å². The summed E-state index contributed by atoms with van der Waals surface area (Å²) in [5.74, 6) is 0.983. The standard InChI is InChI=1S/C22H22N6O3S/c1-14-23-9-11-27(14)19-17(5-3-8-24-19)25-20(29)15-6-7-16-18(13-15)26-22(32)28(21(16)30)10-4-12-31-2/h3,5-9,11,13H,4,10,12H2,1-2H3,(H,25,29)(H,26,32). The van der Waals surface area contributed by atoms with E-state index in [2.05, 4.69) is 20.3 Å². The number of methoxy groups -OCH3 is 1. The van der Waals surface area contributed by atoms with Crippen molar-refractivity contribution in [1.29, 1.82) is 0 Å². The van der Waals surface area contributed by atoms with Crippen LogP contribution in [0.4, 0.5) is 5.69 Å². The zero-order chi connectivity index (χ0) is 22.7. The van der Waals surface area contributed by atoms with E-state index in [0.717, 1.165) is 5.82 Å². The molecule has 0 bridgehead atoms. The molecule has 0 saturated carbocycles. The van der Waals surface area contributed by atoms with Crippen molar-refractivity contribution in [2.24, 2.45) is 0 Å². The van der Waals surface area contributed by atoms with Crippen LogP contribution in [0.3, 0.4) is 0 Å². The van der Waals surface area contributed by atoms with Gasteiger partial charge in [-0.1, -0.05) is 0 Å². The van der Waals surface area contributed by atoms with Gasteiger partial charge in [0.1, 0.15) is 5.82 Å². The second kappa shape index (κ2) is 9.25. The molecule has 0 unspecified atom stereocenters. The number of rotatable bonds is 7. The van der Waals surface area contributed by atoms with E-state index in [-0.39, 0.29) is 11.5 Å². The van der Waals surface area contributed by atoms with Gasteiger partial charge in [0.15, 0.2) is 10.6 Å². The lowest BCUT2D eigenvalue weighted by Crippen LogP contribution is -2.23. The lowest BCUT2D eigenvalue weighted by Gasteiger charge is -2.12. The van der Waals surface area contributed by atoms with Gasteiger partial charge in [-0.25, -0.2) is 9.97 Å². The Bertz CT molecular complexity index is 1400. The summed E-state index contributed by atoms with van der Waals surface area (Å²) in [5, 5.41) is 3.36. The monoisotopic (exact) mass is 450 g/mol. The van der Waals surface area contributed by atoms with E-state index in [1.807, 2.05) is 6.92 Å². The molecule has 4 aromatic rings. The van der Waals surface area contributed by atoms with Crippen molar-refractivity contribution < 1.29 is 9.53 Å². The number of aromatic nitrogens is 5. The maximum atomic E-state index is 13.0. The molecule has 0 spiro atoms. The zero-order valence-corrected chi connectivity index (χ0v) is 18.5. The van der Waals surface area contributed by atoms with Gasteiger partial charge >= 0.3 is 0 Å². The maximum absolute atomic E-state index is 13.0. The van der Waals surface area contributed by atoms with Crippen molar-refractivity contribution in [3.63, 3.8) is 0 Å². The topological polar surface area (TPSA) is 107 Å². The summed E-state index contributed by atoms with van der Waals surface area (Å²) < 4.78 is 8.65. The summed E-state index contributed by atoms with van der Waals surface area (Å²) >= 11 is 5.35. The number of carbonyl (C=O) groups is 1. The molecule has 10 heteroatoms. The van der Waals surface area contributed by atoms with Crippen LogP contribution in [0.25, 0.3) is 16.7 Å². The second-order valence-electron chi connectivity index (χ2n) is 7.17. The van der Waals surface area contributed by atoms with Gasteiger partial charge < -0.3 is 15.0 Å². The third-order valence-corrected chi connectivity index (χ3v) is 5.39. The van der Waals surface area contributed by atoms with E-state index in [9.17, 15) is 9.59 Å². The van der Waals surface area contributed by atoms with Gasteiger partial charge in [0.2, 0.25) is 0 Å². The zero-order valence-electron chi connectivity index (χ0n) is 17.7.